The smallest absolute Gasteiger partial charge is 0.318 e. The van der Waals surface area contributed by atoms with Crippen molar-refractivity contribution in [3.05, 3.63) is 24.3 Å². The van der Waals surface area contributed by atoms with Crippen LogP contribution in [0, 0.1) is 0 Å². The average Bonchev–Trinajstić information content (AvgIpc) is 2.38. The number of benzene rings is 1. The standard InChI is InChI=1S/C13H19N3O2/c1-3-4-5-12(17)15-10-6-8-11(9-7-10)16-13(18)14-2/h6-9H,3-5H2,1-2H3,(H,15,17)(H2,14,16,18). The lowest BCUT2D eigenvalue weighted by Crippen LogP contribution is -2.24. The molecule has 0 spiro atoms. The summed E-state index contributed by atoms with van der Waals surface area (Å²) < 4.78 is 0. The Morgan fingerprint density at radius 2 is 1.61 bits per heavy atom. The van der Waals surface area contributed by atoms with Crippen LogP contribution in [0.2, 0.25) is 0 Å². The van der Waals surface area contributed by atoms with Crippen LogP contribution in [0.4, 0.5) is 16.2 Å². The number of rotatable bonds is 5. The maximum atomic E-state index is 11.5. The van der Waals surface area contributed by atoms with E-state index in [2.05, 4.69) is 16.0 Å². The Labute approximate surface area is 107 Å². The molecule has 0 radical (unpaired) electrons. The molecule has 0 unspecified atom stereocenters. The molecule has 0 atom stereocenters. The molecule has 5 nitrogen and oxygen atoms in total. The molecule has 1 rings (SSSR count). The first-order valence-electron chi connectivity index (χ1n) is 6.04. The van der Waals surface area contributed by atoms with Gasteiger partial charge in [0.05, 0.1) is 0 Å². The summed E-state index contributed by atoms with van der Waals surface area (Å²) in [7, 11) is 1.55. The molecule has 18 heavy (non-hydrogen) atoms. The van der Waals surface area contributed by atoms with Gasteiger partial charge in [-0.3, -0.25) is 4.79 Å². The highest BCUT2D eigenvalue weighted by Crippen LogP contribution is 2.13. The Kier molecular flexibility index (Phi) is 5.70. The lowest BCUT2D eigenvalue weighted by molar-refractivity contribution is -0.116. The number of carbonyl (C=O) groups is 2. The van der Waals surface area contributed by atoms with Gasteiger partial charge in [0.15, 0.2) is 0 Å². The van der Waals surface area contributed by atoms with Crippen molar-refractivity contribution in [2.24, 2.45) is 0 Å². The summed E-state index contributed by atoms with van der Waals surface area (Å²) in [5.74, 6) is 0.0175. The van der Waals surface area contributed by atoms with E-state index in [-0.39, 0.29) is 11.9 Å². The lowest BCUT2D eigenvalue weighted by Gasteiger charge is -2.07. The molecule has 0 saturated carbocycles. The van der Waals surface area contributed by atoms with E-state index in [0.717, 1.165) is 18.5 Å². The Morgan fingerprint density at radius 1 is 1.06 bits per heavy atom. The summed E-state index contributed by atoms with van der Waals surface area (Å²) >= 11 is 0. The molecule has 0 aromatic heterocycles. The number of hydrogen-bond acceptors (Lipinski definition) is 2. The van der Waals surface area contributed by atoms with Gasteiger partial charge in [-0.1, -0.05) is 13.3 Å². The topological polar surface area (TPSA) is 70.2 Å². The van der Waals surface area contributed by atoms with Gasteiger partial charge in [-0.2, -0.15) is 0 Å². The highest BCUT2D eigenvalue weighted by molar-refractivity contribution is 5.92. The van der Waals surface area contributed by atoms with Gasteiger partial charge >= 0.3 is 6.03 Å². The fraction of sp³-hybridized carbons (Fsp3) is 0.385. The van der Waals surface area contributed by atoms with Crippen LogP contribution in [0.5, 0.6) is 0 Å². The molecule has 98 valence electrons. The molecule has 3 N–H and O–H groups in total. The van der Waals surface area contributed by atoms with Crippen LogP contribution >= 0.6 is 0 Å². The number of urea groups is 1. The van der Waals surface area contributed by atoms with Crippen molar-refractivity contribution in [3.8, 4) is 0 Å². The van der Waals surface area contributed by atoms with Gasteiger partial charge in [-0.15, -0.1) is 0 Å². The first-order valence-corrected chi connectivity index (χ1v) is 6.04. The van der Waals surface area contributed by atoms with E-state index < -0.39 is 0 Å². The first kappa shape index (κ1) is 14.0. The highest BCUT2D eigenvalue weighted by atomic mass is 16.2. The molecule has 0 aliphatic rings. The van der Waals surface area contributed by atoms with Crippen LogP contribution in [-0.4, -0.2) is 19.0 Å². The Bertz CT molecular complexity index is 401. The second-order valence-corrected chi connectivity index (χ2v) is 3.93. The van der Waals surface area contributed by atoms with E-state index in [9.17, 15) is 9.59 Å². The van der Waals surface area contributed by atoms with Crippen molar-refractivity contribution in [3.63, 3.8) is 0 Å². The summed E-state index contributed by atoms with van der Waals surface area (Å²) in [6, 6.07) is 6.73. The molecule has 0 aliphatic carbocycles. The van der Waals surface area contributed by atoms with Crippen LogP contribution in [0.1, 0.15) is 26.2 Å². The van der Waals surface area contributed by atoms with Crippen LogP contribution in [0.3, 0.4) is 0 Å². The summed E-state index contributed by atoms with van der Waals surface area (Å²) in [4.78, 5) is 22.6. The monoisotopic (exact) mass is 249 g/mol. The lowest BCUT2D eigenvalue weighted by atomic mass is 10.2. The van der Waals surface area contributed by atoms with Gasteiger partial charge in [-0.05, 0) is 30.7 Å². The third-order valence-electron chi connectivity index (χ3n) is 2.41. The number of anilines is 2. The van der Waals surface area contributed by atoms with Crippen molar-refractivity contribution >= 4 is 23.3 Å². The third-order valence-corrected chi connectivity index (χ3v) is 2.41. The van der Waals surface area contributed by atoms with Gasteiger partial charge in [0.2, 0.25) is 5.91 Å². The summed E-state index contributed by atoms with van der Waals surface area (Å²) in [5, 5.41) is 7.91. The van der Waals surface area contributed by atoms with Gasteiger partial charge in [0, 0.05) is 24.8 Å². The van der Waals surface area contributed by atoms with Crippen LogP contribution < -0.4 is 16.0 Å². The first-order chi connectivity index (χ1) is 8.65. The summed E-state index contributed by atoms with van der Waals surface area (Å²) in [5.41, 5.74) is 1.42. The zero-order valence-corrected chi connectivity index (χ0v) is 10.7. The van der Waals surface area contributed by atoms with E-state index >= 15 is 0 Å². The number of carbonyl (C=O) groups excluding carboxylic acids is 2. The minimum Gasteiger partial charge on any atom is -0.341 e. The quantitative estimate of drug-likeness (QED) is 0.750. The zero-order valence-electron chi connectivity index (χ0n) is 10.7. The second-order valence-electron chi connectivity index (χ2n) is 3.93. The Hall–Kier alpha value is -2.04. The van der Waals surface area contributed by atoms with E-state index in [1.54, 1.807) is 31.3 Å². The largest absolute Gasteiger partial charge is 0.341 e. The maximum absolute atomic E-state index is 11.5. The van der Waals surface area contributed by atoms with E-state index in [1.807, 2.05) is 6.92 Å². The molecule has 1 aromatic rings. The molecule has 0 saturated heterocycles. The van der Waals surface area contributed by atoms with Gasteiger partial charge in [-0.25, -0.2) is 4.79 Å². The maximum Gasteiger partial charge on any atom is 0.318 e. The van der Waals surface area contributed by atoms with Crippen LogP contribution in [-0.2, 0) is 4.79 Å². The van der Waals surface area contributed by atoms with E-state index in [4.69, 9.17) is 0 Å². The minimum atomic E-state index is -0.269. The predicted octanol–water partition coefficient (Wildman–Crippen LogP) is 2.57. The molecule has 3 amide bonds. The average molecular weight is 249 g/mol. The predicted molar refractivity (Wildman–Crippen MR) is 72.7 cm³/mol. The molecule has 0 fully saturated rings. The zero-order chi connectivity index (χ0) is 13.4. The van der Waals surface area contributed by atoms with Crippen LogP contribution in [0.15, 0.2) is 24.3 Å². The van der Waals surface area contributed by atoms with Gasteiger partial charge in [0.25, 0.3) is 0 Å². The van der Waals surface area contributed by atoms with Crippen LogP contribution in [0.25, 0.3) is 0 Å². The van der Waals surface area contributed by atoms with E-state index in [1.165, 1.54) is 0 Å². The molecular formula is C13H19N3O2. The van der Waals surface area contributed by atoms with E-state index in [0.29, 0.717) is 12.1 Å². The molecule has 1 aromatic carbocycles. The molecule has 0 bridgehead atoms. The fourth-order valence-electron chi connectivity index (χ4n) is 1.39. The van der Waals surface area contributed by atoms with Gasteiger partial charge < -0.3 is 16.0 Å². The highest BCUT2D eigenvalue weighted by Gasteiger charge is 2.02. The molecule has 0 heterocycles. The second kappa shape index (κ2) is 7.32. The van der Waals surface area contributed by atoms with Crippen molar-refractivity contribution in [2.45, 2.75) is 26.2 Å². The van der Waals surface area contributed by atoms with Crippen molar-refractivity contribution in [1.29, 1.82) is 0 Å². The number of hydrogen-bond donors (Lipinski definition) is 3. The number of unbranched alkanes of at least 4 members (excludes halogenated alkanes) is 1. The Balaban J connectivity index is 2.49. The normalized spacial score (nSPS) is 9.67. The van der Waals surface area contributed by atoms with Crippen molar-refractivity contribution in [2.75, 3.05) is 17.7 Å². The SMILES string of the molecule is CCCCC(=O)Nc1ccc(NC(=O)NC)cc1. The fourth-order valence-corrected chi connectivity index (χ4v) is 1.39. The van der Waals surface area contributed by atoms with Crippen molar-refractivity contribution in [1.82, 2.24) is 5.32 Å². The molecular weight excluding hydrogens is 230 g/mol. The summed E-state index contributed by atoms with van der Waals surface area (Å²) in [6.07, 6.45) is 2.43. The Morgan fingerprint density at radius 3 is 2.11 bits per heavy atom. The minimum absolute atomic E-state index is 0.0175. The van der Waals surface area contributed by atoms with Crippen molar-refractivity contribution < 1.29 is 9.59 Å². The third kappa shape index (κ3) is 4.86. The molecule has 5 heteroatoms. The number of nitrogens with one attached hydrogen (secondary N) is 3. The number of amides is 3. The van der Waals surface area contributed by atoms with Gasteiger partial charge in [0.1, 0.15) is 0 Å². The summed E-state index contributed by atoms with van der Waals surface area (Å²) in [6.45, 7) is 2.05. The molecule has 0 aliphatic heterocycles.